The molecule has 1 heterocycles. The molecule has 0 N–H and O–H groups in total. The van der Waals surface area contributed by atoms with Crippen LogP contribution in [-0.4, -0.2) is 24.5 Å². The highest BCUT2D eigenvalue weighted by molar-refractivity contribution is 9.10. The summed E-state index contributed by atoms with van der Waals surface area (Å²) in [5, 5.41) is 4.35. The minimum Gasteiger partial charge on any atom is -0.233 e. The molecule has 0 saturated heterocycles. The van der Waals surface area contributed by atoms with E-state index >= 15 is 0 Å². The number of aromatic nitrogens is 2. The fourth-order valence-corrected chi connectivity index (χ4v) is 3.08. The number of rotatable bonds is 3. The van der Waals surface area contributed by atoms with Crippen LogP contribution >= 0.6 is 15.9 Å². The van der Waals surface area contributed by atoms with Gasteiger partial charge >= 0.3 is 0 Å². The second-order valence-electron chi connectivity index (χ2n) is 4.90. The lowest BCUT2D eigenvalue weighted by molar-refractivity contribution is 0.602. The van der Waals surface area contributed by atoms with E-state index < -0.39 is 9.84 Å². The quantitative estimate of drug-likeness (QED) is 0.699. The molecule has 3 rings (SSSR count). The molecule has 0 unspecified atom stereocenters. The van der Waals surface area contributed by atoms with Gasteiger partial charge < -0.3 is 0 Å². The van der Waals surface area contributed by atoms with Crippen LogP contribution in [0.2, 0.25) is 0 Å². The van der Waals surface area contributed by atoms with Crippen molar-refractivity contribution in [3.63, 3.8) is 0 Å². The molecule has 0 aliphatic carbocycles. The predicted molar refractivity (Wildman–Crippen MR) is 89.8 cm³/mol. The molecular formula is C16H13BrN2O2S. The highest BCUT2D eigenvalue weighted by Gasteiger charge is 2.10. The van der Waals surface area contributed by atoms with Gasteiger partial charge in [0.1, 0.15) is 0 Å². The van der Waals surface area contributed by atoms with Crippen molar-refractivity contribution in [1.82, 2.24) is 9.78 Å². The standard InChI is InChI=1S/C16H13BrN2O2S/c1-22(20,21)15-8-2-12(3-9-15)16-10-11-18-19(16)14-6-4-13(17)5-7-14/h2-11H,1H3. The first kappa shape index (κ1) is 15.0. The smallest absolute Gasteiger partial charge is 0.175 e. The lowest BCUT2D eigenvalue weighted by Gasteiger charge is -2.08. The maximum Gasteiger partial charge on any atom is 0.175 e. The molecular weight excluding hydrogens is 364 g/mol. The van der Waals surface area contributed by atoms with Gasteiger partial charge in [0.2, 0.25) is 0 Å². The van der Waals surface area contributed by atoms with Gasteiger partial charge in [-0.05, 0) is 42.5 Å². The monoisotopic (exact) mass is 376 g/mol. The summed E-state index contributed by atoms with van der Waals surface area (Å²) < 4.78 is 25.9. The molecule has 0 atom stereocenters. The van der Waals surface area contributed by atoms with Crippen LogP contribution in [0, 0.1) is 0 Å². The van der Waals surface area contributed by atoms with E-state index in [1.54, 1.807) is 30.5 Å². The zero-order valence-corrected chi connectivity index (χ0v) is 14.2. The molecule has 0 saturated carbocycles. The summed E-state index contributed by atoms with van der Waals surface area (Å²) in [5.41, 5.74) is 2.76. The Morgan fingerprint density at radius 3 is 2.18 bits per heavy atom. The van der Waals surface area contributed by atoms with Crippen LogP contribution in [0.5, 0.6) is 0 Å². The van der Waals surface area contributed by atoms with E-state index in [0.29, 0.717) is 4.90 Å². The number of halogens is 1. The molecule has 0 fully saturated rings. The Morgan fingerprint density at radius 1 is 0.955 bits per heavy atom. The number of nitrogens with zero attached hydrogens (tertiary/aromatic N) is 2. The number of hydrogen-bond acceptors (Lipinski definition) is 3. The van der Waals surface area contributed by atoms with Gasteiger partial charge in [-0.3, -0.25) is 0 Å². The average Bonchev–Trinajstić information content (AvgIpc) is 2.97. The van der Waals surface area contributed by atoms with Crippen molar-refractivity contribution < 1.29 is 8.42 Å². The third kappa shape index (κ3) is 2.98. The van der Waals surface area contributed by atoms with Crippen LogP contribution in [0.3, 0.4) is 0 Å². The summed E-state index contributed by atoms with van der Waals surface area (Å²) >= 11 is 3.41. The SMILES string of the molecule is CS(=O)(=O)c1ccc(-c2ccnn2-c2ccc(Br)cc2)cc1. The Morgan fingerprint density at radius 2 is 1.59 bits per heavy atom. The van der Waals surface area contributed by atoms with Gasteiger partial charge in [0.25, 0.3) is 0 Å². The third-order valence-electron chi connectivity index (χ3n) is 3.29. The summed E-state index contributed by atoms with van der Waals surface area (Å²) in [5.74, 6) is 0. The summed E-state index contributed by atoms with van der Waals surface area (Å²) in [6.07, 6.45) is 2.93. The van der Waals surface area contributed by atoms with Crippen molar-refractivity contribution in [1.29, 1.82) is 0 Å². The molecule has 112 valence electrons. The first-order valence-corrected chi connectivity index (χ1v) is 9.24. The van der Waals surface area contributed by atoms with Crippen LogP contribution in [0.4, 0.5) is 0 Å². The lowest BCUT2D eigenvalue weighted by Crippen LogP contribution is -1.99. The zero-order valence-electron chi connectivity index (χ0n) is 11.8. The van der Waals surface area contributed by atoms with Gasteiger partial charge in [-0.1, -0.05) is 28.1 Å². The van der Waals surface area contributed by atoms with Crippen LogP contribution in [0.25, 0.3) is 16.9 Å². The van der Waals surface area contributed by atoms with E-state index in [9.17, 15) is 8.42 Å². The summed E-state index contributed by atoms with van der Waals surface area (Å²) in [7, 11) is -3.18. The Kier molecular flexibility index (Phi) is 3.88. The van der Waals surface area contributed by atoms with Crippen LogP contribution in [0.1, 0.15) is 0 Å². The minimum absolute atomic E-state index is 0.311. The maximum absolute atomic E-state index is 11.5. The second-order valence-corrected chi connectivity index (χ2v) is 7.83. The second kappa shape index (κ2) is 5.70. The molecule has 0 radical (unpaired) electrons. The average molecular weight is 377 g/mol. The molecule has 2 aromatic carbocycles. The number of hydrogen-bond donors (Lipinski definition) is 0. The van der Waals surface area contributed by atoms with Gasteiger partial charge in [0.05, 0.1) is 22.5 Å². The Labute approximate surface area is 137 Å². The maximum atomic E-state index is 11.5. The normalized spacial score (nSPS) is 11.5. The molecule has 0 amide bonds. The Balaban J connectivity index is 2.03. The summed E-state index contributed by atoms with van der Waals surface area (Å²) in [6.45, 7) is 0. The highest BCUT2D eigenvalue weighted by atomic mass is 79.9. The molecule has 0 bridgehead atoms. The van der Waals surface area contributed by atoms with Crippen LogP contribution in [-0.2, 0) is 9.84 Å². The Hall–Kier alpha value is -1.92. The molecule has 4 nitrogen and oxygen atoms in total. The minimum atomic E-state index is -3.18. The predicted octanol–water partition coefficient (Wildman–Crippen LogP) is 3.71. The van der Waals surface area contributed by atoms with Crippen molar-refractivity contribution in [3.05, 3.63) is 65.3 Å². The molecule has 0 aliphatic heterocycles. The largest absolute Gasteiger partial charge is 0.233 e. The molecule has 1 aromatic heterocycles. The van der Waals surface area contributed by atoms with Gasteiger partial charge in [0, 0.05) is 16.3 Å². The van der Waals surface area contributed by atoms with Gasteiger partial charge in [0.15, 0.2) is 9.84 Å². The molecule has 0 spiro atoms. The van der Waals surface area contributed by atoms with Gasteiger partial charge in [-0.25, -0.2) is 13.1 Å². The Bertz CT molecular complexity index is 898. The van der Waals surface area contributed by atoms with Gasteiger partial charge in [-0.15, -0.1) is 0 Å². The zero-order chi connectivity index (χ0) is 15.7. The van der Waals surface area contributed by atoms with E-state index in [0.717, 1.165) is 21.4 Å². The van der Waals surface area contributed by atoms with Crippen molar-refractivity contribution >= 4 is 25.8 Å². The number of benzene rings is 2. The first-order valence-electron chi connectivity index (χ1n) is 6.55. The van der Waals surface area contributed by atoms with E-state index in [-0.39, 0.29) is 0 Å². The van der Waals surface area contributed by atoms with Crippen molar-refractivity contribution in [2.24, 2.45) is 0 Å². The van der Waals surface area contributed by atoms with E-state index in [2.05, 4.69) is 21.0 Å². The van der Waals surface area contributed by atoms with Crippen molar-refractivity contribution in [2.75, 3.05) is 6.26 Å². The van der Waals surface area contributed by atoms with E-state index in [1.807, 2.05) is 35.0 Å². The summed E-state index contributed by atoms with van der Waals surface area (Å²) in [6, 6.07) is 16.5. The first-order chi connectivity index (χ1) is 10.4. The molecule has 22 heavy (non-hydrogen) atoms. The number of sulfone groups is 1. The fraction of sp³-hybridized carbons (Fsp3) is 0.0625. The van der Waals surface area contributed by atoms with Crippen LogP contribution in [0.15, 0.2) is 70.2 Å². The van der Waals surface area contributed by atoms with E-state index in [4.69, 9.17) is 0 Å². The fourth-order valence-electron chi connectivity index (χ4n) is 2.18. The molecule has 3 aromatic rings. The lowest BCUT2D eigenvalue weighted by atomic mass is 10.1. The highest BCUT2D eigenvalue weighted by Crippen LogP contribution is 2.24. The van der Waals surface area contributed by atoms with Gasteiger partial charge in [-0.2, -0.15) is 5.10 Å². The van der Waals surface area contributed by atoms with E-state index in [1.165, 1.54) is 6.26 Å². The third-order valence-corrected chi connectivity index (χ3v) is 4.95. The molecule has 6 heteroatoms. The van der Waals surface area contributed by atoms with Crippen molar-refractivity contribution in [2.45, 2.75) is 4.90 Å². The summed E-state index contributed by atoms with van der Waals surface area (Å²) in [4.78, 5) is 0.311. The molecule has 0 aliphatic rings. The topological polar surface area (TPSA) is 52.0 Å². The van der Waals surface area contributed by atoms with Crippen LogP contribution < -0.4 is 0 Å². The van der Waals surface area contributed by atoms with Crippen molar-refractivity contribution in [3.8, 4) is 16.9 Å².